The first kappa shape index (κ1) is 16.2. The van der Waals surface area contributed by atoms with Crippen LogP contribution in [0.5, 0.6) is 5.75 Å². The highest BCUT2D eigenvalue weighted by Crippen LogP contribution is 2.64. The van der Waals surface area contributed by atoms with Gasteiger partial charge in [0.1, 0.15) is 5.75 Å². The van der Waals surface area contributed by atoms with Gasteiger partial charge in [-0.15, -0.1) is 0 Å². The Labute approximate surface area is 145 Å². The van der Waals surface area contributed by atoms with E-state index >= 15 is 0 Å². The maximum atomic E-state index is 11.3. The van der Waals surface area contributed by atoms with E-state index in [0.717, 1.165) is 30.9 Å². The summed E-state index contributed by atoms with van der Waals surface area (Å²) in [5.74, 6) is 3.03. The molecule has 0 aliphatic heterocycles. The average molecular weight is 326 g/mol. The van der Waals surface area contributed by atoms with Gasteiger partial charge in [0.25, 0.3) is 0 Å². The third kappa shape index (κ3) is 2.12. The first-order valence-corrected chi connectivity index (χ1v) is 9.55. The van der Waals surface area contributed by atoms with Crippen molar-refractivity contribution in [3.8, 4) is 5.75 Å². The van der Waals surface area contributed by atoms with Gasteiger partial charge < -0.3 is 9.84 Å². The average Bonchev–Trinajstić information content (AvgIpc) is 2.86. The smallest absolute Gasteiger partial charge is 0.119 e. The van der Waals surface area contributed by atoms with Gasteiger partial charge >= 0.3 is 0 Å². The Morgan fingerprint density at radius 1 is 1.21 bits per heavy atom. The molecular weight excluding hydrogens is 296 g/mol. The number of benzene rings is 1. The van der Waals surface area contributed by atoms with E-state index in [4.69, 9.17) is 4.74 Å². The molecule has 2 nitrogen and oxygen atoms in total. The molecule has 5 atom stereocenters. The second-order valence-electron chi connectivity index (χ2n) is 8.40. The van der Waals surface area contributed by atoms with E-state index in [9.17, 15) is 5.11 Å². The van der Waals surface area contributed by atoms with E-state index in [-0.39, 0.29) is 5.41 Å². The van der Waals surface area contributed by atoms with Crippen molar-refractivity contribution in [3.63, 3.8) is 0 Å². The number of aryl methyl sites for hydroxylation is 1. The number of fused-ring (bicyclic) bond motifs is 5. The van der Waals surface area contributed by atoms with Gasteiger partial charge in [0, 0.05) is 5.41 Å². The Hall–Kier alpha value is -1.28. The van der Waals surface area contributed by atoms with Gasteiger partial charge in [-0.2, -0.15) is 0 Å². The lowest BCUT2D eigenvalue weighted by Crippen LogP contribution is -2.49. The summed E-state index contributed by atoms with van der Waals surface area (Å²) < 4.78 is 5.42. The Bertz CT molecular complexity index is 664. The van der Waals surface area contributed by atoms with E-state index in [2.05, 4.69) is 31.2 Å². The second-order valence-corrected chi connectivity index (χ2v) is 8.40. The molecule has 2 fully saturated rings. The molecule has 0 aromatic heterocycles. The predicted octanol–water partition coefficient (Wildman–Crippen LogP) is 4.86. The fourth-order valence-corrected chi connectivity index (χ4v) is 6.29. The van der Waals surface area contributed by atoms with Crippen molar-refractivity contribution in [1.82, 2.24) is 0 Å². The minimum atomic E-state index is -0.600. The molecule has 0 heterocycles. The molecule has 1 N–H and O–H groups in total. The van der Waals surface area contributed by atoms with Crippen LogP contribution in [-0.2, 0) is 6.42 Å². The molecular formula is C22H30O2. The largest absolute Gasteiger partial charge is 0.497 e. The number of hydrogen-bond acceptors (Lipinski definition) is 2. The number of hydrogen-bond donors (Lipinski definition) is 1. The van der Waals surface area contributed by atoms with Crippen molar-refractivity contribution in [1.29, 1.82) is 0 Å². The van der Waals surface area contributed by atoms with E-state index in [1.165, 1.54) is 24.8 Å². The van der Waals surface area contributed by atoms with Crippen LogP contribution >= 0.6 is 0 Å². The lowest BCUT2D eigenvalue weighted by molar-refractivity contribution is -0.0710. The Kier molecular flexibility index (Phi) is 3.80. The van der Waals surface area contributed by atoms with Crippen molar-refractivity contribution >= 4 is 0 Å². The van der Waals surface area contributed by atoms with Crippen LogP contribution in [0, 0.1) is 17.3 Å². The molecule has 0 bridgehead atoms. The monoisotopic (exact) mass is 326 g/mol. The molecule has 0 spiro atoms. The highest BCUT2D eigenvalue weighted by Gasteiger charge is 2.60. The lowest BCUT2D eigenvalue weighted by Gasteiger charge is -2.52. The van der Waals surface area contributed by atoms with Gasteiger partial charge in [-0.1, -0.05) is 25.1 Å². The summed E-state index contributed by atoms with van der Waals surface area (Å²) in [5.41, 5.74) is 2.49. The Morgan fingerprint density at radius 3 is 2.79 bits per heavy atom. The van der Waals surface area contributed by atoms with Crippen LogP contribution in [0.3, 0.4) is 0 Å². The molecule has 3 aliphatic rings. The van der Waals surface area contributed by atoms with E-state index in [1.54, 1.807) is 12.7 Å². The molecule has 0 radical (unpaired) electrons. The predicted molar refractivity (Wildman–Crippen MR) is 97.4 cm³/mol. The summed E-state index contributed by atoms with van der Waals surface area (Å²) in [6, 6.07) is 6.67. The zero-order valence-electron chi connectivity index (χ0n) is 15.2. The van der Waals surface area contributed by atoms with Crippen LogP contribution < -0.4 is 4.74 Å². The number of methoxy groups -OCH3 is 1. The summed E-state index contributed by atoms with van der Waals surface area (Å²) in [6.45, 7) is 4.38. The normalized spacial score (nSPS) is 40.9. The summed E-state index contributed by atoms with van der Waals surface area (Å²) in [7, 11) is 1.75. The van der Waals surface area contributed by atoms with Crippen molar-refractivity contribution in [3.05, 3.63) is 41.5 Å². The third-order valence-corrected chi connectivity index (χ3v) is 7.59. The quantitative estimate of drug-likeness (QED) is 0.787. The number of allylic oxidation sites excluding steroid dienone is 1. The van der Waals surface area contributed by atoms with Crippen LogP contribution in [0.15, 0.2) is 30.4 Å². The second kappa shape index (κ2) is 5.62. The zero-order valence-corrected chi connectivity index (χ0v) is 15.2. The lowest BCUT2D eigenvalue weighted by atomic mass is 9.53. The van der Waals surface area contributed by atoms with Crippen LogP contribution in [-0.4, -0.2) is 17.8 Å². The molecule has 3 aliphatic carbocycles. The molecule has 2 heteroatoms. The minimum absolute atomic E-state index is 0.0463. The number of rotatable bonds is 2. The summed E-state index contributed by atoms with van der Waals surface area (Å²) in [5, 5.41) is 11.3. The van der Waals surface area contributed by atoms with Gasteiger partial charge in [-0.05, 0) is 86.5 Å². The highest BCUT2D eigenvalue weighted by atomic mass is 16.5. The van der Waals surface area contributed by atoms with Crippen LogP contribution in [0.1, 0.15) is 63.0 Å². The van der Waals surface area contributed by atoms with E-state index in [1.807, 2.05) is 13.0 Å². The fraction of sp³-hybridized carbons (Fsp3) is 0.636. The van der Waals surface area contributed by atoms with E-state index in [0.29, 0.717) is 11.8 Å². The summed E-state index contributed by atoms with van der Waals surface area (Å²) in [4.78, 5) is 0. The van der Waals surface area contributed by atoms with Crippen LogP contribution in [0.4, 0.5) is 0 Å². The molecule has 0 saturated heterocycles. The molecule has 1 aromatic carbocycles. The minimum Gasteiger partial charge on any atom is -0.497 e. The Balaban J connectivity index is 1.68. The van der Waals surface area contributed by atoms with Gasteiger partial charge in [-0.3, -0.25) is 0 Å². The maximum absolute atomic E-state index is 11.3. The SMILES string of the molecule is C/C=C/[C@]1(O)CC[C@H]2[C@@H]3CCc4cc(OC)ccc4[C@H]3CC[C@@]21C. The van der Waals surface area contributed by atoms with E-state index < -0.39 is 5.60 Å². The summed E-state index contributed by atoms with van der Waals surface area (Å²) in [6.07, 6.45) is 11.0. The molecule has 4 rings (SSSR count). The molecule has 130 valence electrons. The maximum Gasteiger partial charge on any atom is 0.119 e. The fourth-order valence-electron chi connectivity index (χ4n) is 6.29. The summed E-state index contributed by atoms with van der Waals surface area (Å²) >= 11 is 0. The zero-order chi connectivity index (χ0) is 16.9. The first-order valence-electron chi connectivity index (χ1n) is 9.55. The van der Waals surface area contributed by atoms with Gasteiger partial charge in [-0.25, -0.2) is 0 Å². The standard InChI is InChI=1S/C22H30O2/c1-4-11-22(23)13-10-20-19-7-5-15-14-16(24-3)6-8-17(15)18(19)9-12-21(20,22)2/h4,6,8,11,14,18-20,23H,5,7,9-10,12-13H2,1-3H3/b11-4+/t18-,19-,20+,21+,22+/m1/s1. The van der Waals surface area contributed by atoms with Crippen LogP contribution in [0.25, 0.3) is 0 Å². The molecule has 2 saturated carbocycles. The van der Waals surface area contributed by atoms with Gasteiger partial charge in [0.15, 0.2) is 0 Å². The molecule has 0 unspecified atom stereocenters. The van der Waals surface area contributed by atoms with Gasteiger partial charge in [0.05, 0.1) is 12.7 Å². The first-order chi connectivity index (χ1) is 11.5. The molecule has 0 amide bonds. The number of aliphatic hydroxyl groups is 1. The molecule has 1 aromatic rings. The van der Waals surface area contributed by atoms with Crippen molar-refractivity contribution in [2.24, 2.45) is 17.3 Å². The highest BCUT2D eigenvalue weighted by molar-refractivity contribution is 5.41. The van der Waals surface area contributed by atoms with Crippen LogP contribution in [0.2, 0.25) is 0 Å². The van der Waals surface area contributed by atoms with Crippen molar-refractivity contribution in [2.75, 3.05) is 7.11 Å². The third-order valence-electron chi connectivity index (χ3n) is 7.59. The Morgan fingerprint density at radius 2 is 2.04 bits per heavy atom. The number of ether oxygens (including phenoxy) is 1. The molecule has 24 heavy (non-hydrogen) atoms. The van der Waals surface area contributed by atoms with Crippen molar-refractivity contribution in [2.45, 2.75) is 63.9 Å². The topological polar surface area (TPSA) is 29.5 Å². The van der Waals surface area contributed by atoms with Crippen molar-refractivity contribution < 1.29 is 9.84 Å². The van der Waals surface area contributed by atoms with Gasteiger partial charge in [0.2, 0.25) is 0 Å².